The maximum atomic E-state index is 12.0. The zero-order valence-electron chi connectivity index (χ0n) is 11.4. The minimum Gasteiger partial charge on any atom is -0.394 e. The van der Waals surface area contributed by atoms with Gasteiger partial charge in [-0.25, -0.2) is 0 Å². The van der Waals surface area contributed by atoms with Gasteiger partial charge in [0, 0.05) is 7.05 Å². The highest BCUT2D eigenvalue weighted by Crippen LogP contribution is 2.21. The normalized spacial score (nSPS) is 10.5. The maximum Gasteiger partial charge on any atom is 0.229 e. The molecule has 5 heteroatoms. The van der Waals surface area contributed by atoms with Gasteiger partial charge in [0.15, 0.2) is 5.82 Å². The van der Waals surface area contributed by atoms with Crippen LogP contribution in [0.25, 0.3) is 0 Å². The molecular formula is C14H18N4O. The molecule has 1 aromatic heterocycles. The summed E-state index contributed by atoms with van der Waals surface area (Å²) in [5, 5.41) is 6.97. The monoisotopic (exact) mass is 258 g/mol. The van der Waals surface area contributed by atoms with Gasteiger partial charge in [-0.15, -0.1) is 0 Å². The lowest BCUT2D eigenvalue weighted by Gasteiger charge is -2.07. The molecule has 0 fully saturated rings. The summed E-state index contributed by atoms with van der Waals surface area (Å²) in [6.07, 6.45) is 0.325. The molecule has 0 saturated carbocycles. The zero-order chi connectivity index (χ0) is 14.0. The lowest BCUT2D eigenvalue weighted by Crippen LogP contribution is -2.17. The average Bonchev–Trinajstić information content (AvgIpc) is 2.56. The van der Waals surface area contributed by atoms with Crippen molar-refractivity contribution in [3.63, 3.8) is 0 Å². The van der Waals surface area contributed by atoms with E-state index in [0.29, 0.717) is 23.6 Å². The van der Waals surface area contributed by atoms with Crippen LogP contribution in [-0.4, -0.2) is 15.7 Å². The molecule has 2 aromatic rings. The molecule has 19 heavy (non-hydrogen) atoms. The van der Waals surface area contributed by atoms with Crippen molar-refractivity contribution in [1.82, 2.24) is 9.78 Å². The summed E-state index contributed by atoms with van der Waals surface area (Å²) in [5.41, 5.74) is 9.22. The first-order valence-electron chi connectivity index (χ1n) is 6.12. The molecule has 0 aliphatic heterocycles. The first kappa shape index (κ1) is 13.1. The van der Waals surface area contributed by atoms with E-state index < -0.39 is 0 Å². The largest absolute Gasteiger partial charge is 0.394 e. The third-order valence-corrected chi connectivity index (χ3v) is 2.97. The number of nitrogen functional groups attached to an aromatic ring is 1. The fourth-order valence-corrected chi connectivity index (χ4v) is 2.01. The van der Waals surface area contributed by atoms with Crippen LogP contribution in [0.5, 0.6) is 0 Å². The number of rotatable bonds is 3. The number of nitrogens with one attached hydrogen (secondary N) is 1. The van der Waals surface area contributed by atoms with Crippen LogP contribution in [-0.2, 0) is 18.3 Å². The smallest absolute Gasteiger partial charge is 0.229 e. The summed E-state index contributed by atoms with van der Waals surface area (Å²) >= 11 is 0. The summed E-state index contributed by atoms with van der Waals surface area (Å²) in [7, 11) is 1.76. The number of benzene rings is 1. The van der Waals surface area contributed by atoms with Gasteiger partial charge in [0.2, 0.25) is 5.91 Å². The van der Waals surface area contributed by atoms with E-state index in [1.807, 2.05) is 38.1 Å². The van der Waals surface area contributed by atoms with Crippen LogP contribution in [0, 0.1) is 13.8 Å². The van der Waals surface area contributed by atoms with Gasteiger partial charge in [0.05, 0.1) is 17.8 Å². The second-order valence-electron chi connectivity index (χ2n) is 4.69. The first-order valence-corrected chi connectivity index (χ1v) is 6.12. The van der Waals surface area contributed by atoms with Crippen molar-refractivity contribution in [2.75, 3.05) is 11.1 Å². The number of amides is 1. The number of carbonyl (C=O) groups excluding carboxylic acids is 1. The molecule has 0 saturated heterocycles. The third-order valence-electron chi connectivity index (χ3n) is 2.97. The van der Waals surface area contributed by atoms with Crippen LogP contribution in [0.15, 0.2) is 24.3 Å². The lowest BCUT2D eigenvalue weighted by atomic mass is 10.1. The Kier molecular flexibility index (Phi) is 3.55. The van der Waals surface area contributed by atoms with Gasteiger partial charge in [-0.3, -0.25) is 9.48 Å². The Morgan fingerprint density at radius 3 is 2.74 bits per heavy atom. The molecule has 3 N–H and O–H groups in total. The fraction of sp³-hybridized carbons (Fsp3) is 0.286. The van der Waals surface area contributed by atoms with E-state index in [0.717, 1.165) is 11.1 Å². The Morgan fingerprint density at radius 1 is 1.42 bits per heavy atom. The Balaban J connectivity index is 2.09. The van der Waals surface area contributed by atoms with Crippen LogP contribution in [0.3, 0.4) is 0 Å². The van der Waals surface area contributed by atoms with Crippen molar-refractivity contribution in [3.05, 3.63) is 41.1 Å². The number of carbonyl (C=O) groups is 1. The number of hydrogen-bond donors (Lipinski definition) is 2. The van der Waals surface area contributed by atoms with E-state index >= 15 is 0 Å². The Bertz CT molecular complexity index is 616. The van der Waals surface area contributed by atoms with E-state index in [2.05, 4.69) is 10.4 Å². The van der Waals surface area contributed by atoms with Crippen LogP contribution in [0.2, 0.25) is 0 Å². The number of nitrogens with two attached hydrogens (primary N) is 1. The Morgan fingerprint density at radius 2 is 2.16 bits per heavy atom. The Hall–Kier alpha value is -2.30. The molecule has 100 valence electrons. The van der Waals surface area contributed by atoms with E-state index in [4.69, 9.17) is 5.73 Å². The predicted octanol–water partition coefficient (Wildman–Crippen LogP) is 1.80. The van der Waals surface area contributed by atoms with Crippen LogP contribution in [0.4, 0.5) is 11.5 Å². The molecule has 0 spiro atoms. The molecule has 0 atom stereocenters. The second-order valence-corrected chi connectivity index (χ2v) is 4.69. The van der Waals surface area contributed by atoms with Crippen molar-refractivity contribution in [2.45, 2.75) is 20.3 Å². The molecular weight excluding hydrogens is 240 g/mol. The number of aromatic nitrogens is 2. The van der Waals surface area contributed by atoms with Crippen LogP contribution < -0.4 is 11.1 Å². The van der Waals surface area contributed by atoms with Crippen molar-refractivity contribution < 1.29 is 4.79 Å². The summed E-state index contributed by atoms with van der Waals surface area (Å²) in [4.78, 5) is 12.0. The van der Waals surface area contributed by atoms with E-state index in [-0.39, 0.29) is 5.91 Å². The summed E-state index contributed by atoms with van der Waals surface area (Å²) in [6.45, 7) is 3.81. The number of nitrogens with zero attached hydrogens (tertiary/aromatic N) is 2. The number of anilines is 2. The van der Waals surface area contributed by atoms with Gasteiger partial charge in [0.1, 0.15) is 0 Å². The first-order chi connectivity index (χ1) is 8.97. The highest BCUT2D eigenvalue weighted by atomic mass is 16.1. The van der Waals surface area contributed by atoms with Gasteiger partial charge in [-0.1, -0.05) is 29.8 Å². The molecule has 2 rings (SSSR count). The average molecular weight is 258 g/mol. The molecule has 0 aliphatic carbocycles. The zero-order valence-corrected chi connectivity index (χ0v) is 11.4. The van der Waals surface area contributed by atoms with Crippen molar-refractivity contribution in [1.29, 1.82) is 0 Å². The van der Waals surface area contributed by atoms with Gasteiger partial charge >= 0.3 is 0 Å². The molecule has 0 unspecified atom stereocenters. The Labute approximate surface area is 112 Å². The fourth-order valence-electron chi connectivity index (χ4n) is 2.01. The van der Waals surface area contributed by atoms with E-state index in [1.54, 1.807) is 11.7 Å². The molecule has 0 bridgehead atoms. The third kappa shape index (κ3) is 2.93. The van der Waals surface area contributed by atoms with Crippen molar-refractivity contribution in [2.24, 2.45) is 7.05 Å². The minimum absolute atomic E-state index is 0.0969. The molecule has 0 radical (unpaired) electrons. The minimum atomic E-state index is -0.0969. The highest BCUT2D eigenvalue weighted by Gasteiger charge is 2.13. The maximum absolute atomic E-state index is 12.0. The van der Waals surface area contributed by atoms with Gasteiger partial charge in [0.25, 0.3) is 0 Å². The number of aryl methyl sites for hydroxylation is 3. The van der Waals surface area contributed by atoms with Gasteiger partial charge in [-0.2, -0.15) is 5.10 Å². The predicted molar refractivity (Wildman–Crippen MR) is 75.9 cm³/mol. The van der Waals surface area contributed by atoms with E-state index in [9.17, 15) is 4.79 Å². The highest BCUT2D eigenvalue weighted by molar-refractivity contribution is 5.94. The SMILES string of the molecule is Cc1cccc(CC(=O)Nc2c(N)c(C)nn2C)c1. The standard InChI is InChI=1S/C14H18N4O/c1-9-5-4-6-11(7-9)8-12(19)16-14-13(15)10(2)17-18(14)3/h4-7H,8,15H2,1-3H3,(H,16,19). The van der Waals surface area contributed by atoms with Crippen molar-refractivity contribution in [3.8, 4) is 0 Å². The van der Waals surface area contributed by atoms with Crippen LogP contribution in [0.1, 0.15) is 16.8 Å². The van der Waals surface area contributed by atoms with Gasteiger partial charge in [-0.05, 0) is 19.4 Å². The molecule has 5 nitrogen and oxygen atoms in total. The second kappa shape index (κ2) is 5.14. The van der Waals surface area contributed by atoms with Gasteiger partial charge < -0.3 is 11.1 Å². The summed E-state index contributed by atoms with van der Waals surface area (Å²) in [5.74, 6) is 0.454. The quantitative estimate of drug-likeness (QED) is 0.881. The lowest BCUT2D eigenvalue weighted by molar-refractivity contribution is -0.115. The van der Waals surface area contributed by atoms with Crippen molar-refractivity contribution >= 4 is 17.4 Å². The molecule has 0 aliphatic rings. The summed E-state index contributed by atoms with van der Waals surface area (Å²) < 4.78 is 1.58. The number of hydrogen-bond acceptors (Lipinski definition) is 3. The summed E-state index contributed by atoms with van der Waals surface area (Å²) in [6, 6.07) is 7.88. The van der Waals surface area contributed by atoms with Crippen LogP contribution >= 0.6 is 0 Å². The molecule has 1 amide bonds. The van der Waals surface area contributed by atoms with E-state index in [1.165, 1.54) is 0 Å². The molecule has 1 aromatic carbocycles. The topological polar surface area (TPSA) is 72.9 Å². The molecule has 1 heterocycles.